The fraction of sp³-hybridized carbons (Fsp3) is 0.556. The molecule has 0 radical (unpaired) electrons. The highest BCUT2D eigenvalue weighted by Gasteiger charge is 2.24. The van der Waals surface area contributed by atoms with Crippen LogP contribution in [-0.4, -0.2) is 51.7 Å². The zero-order valence-corrected chi connectivity index (χ0v) is 17.1. The van der Waals surface area contributed by atoms with Gasteiger partial charge in [-0.25, -0.2) is 27.8 Å². The Morgan fingerprint density at radius 2 is 1.86 bits per heavy atom. The van der Waals surface area contributed by atoms with Crippen molar-refractivity contribution in [3.63, 3.8) is 0 Å². The molecule has 2 N–H and O–H groups in total. The molecule has 1 fully saturated rings. The van der Waals surface area contributed by atoms with Crippen molar-refractivity contribution in [3.05, 3.63) is 18.3 Å². The van der Waals surface area contributed by atoms with E-state index < -0.39 is 10.0 Å². The molecule has 28 heavy (non-hydrogen) atoms. The van der Waals surface area contributed by atoms with Crippen LogP contribution in [0, 0.1) is 0 Å². The van der Waals surface area contributed by atoms with Crippen LogP contribution in [0.4, 0.5) is 5.95 Å². The van der Waals surface area contributed by atoms with Crippen LogP contribution >= 0.6 is 0 Å². The quantitative estimate of drug-likeness (QED) is 0.671. The summed E-state index contributed by atoms with van der Waals surface area (Å²) in [6, 6.07) is 4.32. The van der Waals surface area contributed by atoms with Crippen molar-refractivity contribution in [1.29, 1.82) is 0 Å². The zero-order chi connectivity index (χ0) is 19.9. The molecule has 0 spiro atoms. The molecule has 1 saturated carbocycles. The van der Waals surface area contributed by atoms with Crippen molar-refractivity contribution in [1.82, 2.24) is 29.7 Å². The van der Waals surface area contributed by atoms with Crippen molar-refractivity contribution in [3.8, 4) is 0 Å². The van der Waals surface area contributed by atoms with E-state index in [0.717, 1.165) is 47.6 Å². The zero-order valence-electron chi connectivity index (χ0n) is 16.3. The lowest BCUT2D eigenvalue weighted by Gasteiger charge is -2.29. The number of nitrogens with zero attached hydrogens (tertiary/aromatic N) is 5. The number of hydrogen-bond acceptors (Lipinski definition) is 7. The van der Waals surface area contributed by atoms with Gasteiger partial charge in [-0.15, -0.1) is 5.10 Å². The van der Waals surface area contributed by atoms with E-state index in [1.807, 2.05) is 23.0 Å². The molecule has 0 aliphatic heterocycles. The molecule has 0 atom stereocenters. The van der Waals surface area contributed by atoms with E-state index in [1.165, 1.54) is 6.26 Å². The molecule has 0 saturated heterocycles. The Hall–Kier alpha value is -2.33. The molecule has 0 bridgehead atoms. The molecule has 9 nitrogen and oxygen atoms in total. The minimum absolute atomic E-state index is 0.0108. The maximum absolute atomic E-state index is 11.4. The second kappa shape index (κ2) is 7.25. The third-order valence-electron chi connectivity index (χ3n) is 5.11. The third-order valence-corrected chi connectivity index (χ3v) is 5.87. The second-order valence-electron chi connectivity index (χ2n) is 7.78. The summed E-state index contributed by atoms with van der Waals surface area (Å²) < 4.78 is 27.4. The Morgan fingerprint density at radius 3 is 2.54 bits per heavy atom. The van der Waals surface area contributed by atoms with Crippen LogP contribution in [0.2, 0.25) is 0 Å². The predicted octanol–water partition coefficient (Wildman–Crippen LogP) is 2.23. The van der Waals surface area contributed by atoms with E-state index in [0.29, 0.717) is 5.95 Å². The first-order valence-electron chi connectivity index (χ1n) is 9.54. The first kappa shape index (κ1) is 19.0. The van der Waals surface area contributed by atoms with Crippen LogP contribution in [0.15, 0.2) is 18.3 Å². The lowest BCUT2D eigenvalue weighted by atomic mass is 9.92. The summed E-state index contributed by atoms with van der Waals surface area (Å²) in [7, 11) is -3.16. The molecule has 1 aliphatic carbocycles. The van der Waals surface area contributed by atoms with Crippen LogP contribution in [-0.2, 0) is 10.0 Å². The summed E-state index contributed by atoms with van der Waals surface area (Å²) in [5, 5.41) is 12.9. The summed E-state index contributed by atoms with van der Waals surface area (Å²) in [6.07, 6.45) is 6.35. The first-order valence-corrected chi connectivity index (χ1v) is 11.4. The van der Waals surface area contributed by atoms with Crippen LogP contribution in [0.5, 0.6) is 0 Å². The van der Waals surface area contributed by atoms with Crippen LogP contribution in [0.3, 0.4) is 0 Å². The molecule has 1 aromatic carbocycles. The predicted molar refractivity (Wildman–Crippen MR) is 109 cm³/mol. The molecule has 2 aromatic heterocycles. The van der Waals surface area contributed by atoms with Gasteiger partial charge in [0.15, 0.2) is 0 Å². The Kier molecular flexibility index (Phi) is 4.92. The van der Waals surface area contributed by atoms with Crippen molar-refractivity contribution in [2.45, 2.75) is 57.7 Å². The fourth-order valence-corrected chi connectivity index (χ4v) is 4.63. The molecule has 2 heterocycles. The van der Waals surface area contributed by atoms with E-state index in [9.17, 15) is 8.42 Å². The topological polar surface area (TPSA) is 115 Å². The normalized spacial score (nSPS) is 20.9. The third kappa shape index (κ3) is 3.93. The summed E-state index contributed by atoms with van der Waals surface area (Å²) in [6.45, 7) is 4.13. The van der Waals surface area contributed by atoms with Crippen molar-refractivity contribution in [2.24, 2.45) is 0 Å². The Morgan fingerprint density at radius 1 is 1.14 bits per heavy atom. The van der Waals surface area contributed by atoms with Gasteiger partial charge in [0.1, 0.15) is 16.6 Å². The molecule has 1 aliphatic rings. The van der Waals surface area contributed by atoms with E-state index in [2.05, 4.69) is 39.2 Å². The van der Waals surface area contributed by atoms with Gasteiger partial charge in [0.2, 0.25) is 16.0 Å². The standard InChI is InChI=1S/C18H25N7O2S/c1-11(2)25-17-15(22-24-25)9-4-12-10-19-18(21-16(12)17)20-13-5-7-14(8-6-13)23-28(3,26)27/h4,9-11,13-14,23H,5-8H2,1-3H3,(H,19,20,21). The Bertz CT molecular complexity index is 1100. The molecule has 10 heteroatoms. The van der Waals surface area contributed by atoms with Gasteiger partial charge < -0.3 is 5.32 Å². The minimum Gasteiger partial charge on any atom is -0.351 e. The van der Waals surface area contributed by atoms with Gasteiger partial charge in [0, 0.05) is 29.7 Å². The van der Waals surface area contributed by atoms with E-state index in [4.69, 9.17) is 4.98 Å². The monoisotopic (exact) mass is 403 g/mol. The molecule has 0 amide bonds. The number of fused-ring (bicyclic) bond motifs is 3. The highest BCUT2D eigenvalue weighted by atomic mass is 32.2. The van der Waals surface area contributed by atoms with Gasteiger partial charge in [0.05, 0.1) is 6.26 Å². The van der Waals surface area contributed by atoms with Crippen LogP contribution in [0.1, 0.15) is 45.6 Å². The largest absolute Gasteiger partial charge is 0.351 e. The summed E-state index contributed by atoms with van der Waals surface area (Å²) >= 11 is 0. The average Bonchev–Trinajstić information content (AvgIpc) is 3.07. The van der Waals surface area contributed by atoms with Crippen molar-refractivity contribution >= 4 is 37.9 Å². The van der Waals surface area contributed by atoms with Gasteiger partial charge >= 0.3 is 0 Å². The molecule has 3 aromatic rings. The number of nitrogens with one attached hydrogen (secondary N) is 2. The molecule has 4 rings (SSSR count). The maximum atomic E-state index is 11.4. The minimum atomic E-state index is -3.16. The maximum Gasteiger partial charge on any atom is 0.223 e. The van der Waals surface area contributed by atoms with Crippen LogP contribution in [0.25, 0.3) is 21.9 Å². The SMILES string of the molecule is CC(C)n1nnc2ccc3cnc(NC4CCC(NS(C)(=O)=O)CC4)nc3c21. The summed E-state index contributed by atoms with van der Waals surface area (Å²) in [5.74, 6) is 0.580. The van der Waals surface area contributed by atoms with E-state index in [-0.39, 0.29) is 18.1 Å². The lowest BCUT2D eigenvalue weighted by Crippen LogP contribution is -2.39. The molecule has 150 valence electrons. The van der Waals surface area contributed by atoms with Gasteiger partial charge in [-0.2, -0.15) is 0 Å². The Labute approximate surface area is 164 Å². The first-order chi connectivity index (χ1) is 13.3. The van der Waals surface area contributed by atoms with Gasteiger partial charge in [-0.3, -0.25) is 0 Å². The van der Waals surface area contributed by atoms with E-state index in [1.54, 1.807) is 0 Å². The number of hydrogen-bond donors (Lipinski definition) is 2. The Balaban J connectivity index is 1.55. The number of aromatic nitrogens is 5. The molecular weight excluding hydrogens is 378 g/mol. The lowest BCUT2D eigenvalue weighted by molar-refractivity contribution is 0.387. The summed E-state index contributed by atoms with van der Waals surface area (Å²) in [5.41, 5.74) is 2.57. The van der Waals surface area contributed by atoms with Crippen molar-refractivity contribution in [2.75, 3.05) is 11.6 Å². The number of sulfonamides is 1. The number of benzene rings is 1. The second-order valence-corrected chi connectivity index (χ2v) is 9.56. The average molecular weight is 404 g/mol. The van der Waals surface area contributed by atoms with Gasteiger partial charge in [-0.05, 0) is 51.7 Å². The number of anilines is 1. The van der Waals surface area contributed by atoms with E-state index >= 15 is 0 Å². The smallest absolute Gasteiger partial charge is 0.223 e. The summed E-state index contributed by atoms with van der Waals surface area (Å²) in [4.78, 5) is 9.22. The fourth-order valence-electron chi connectivity index (χ4n) is 3.79. The highest BCUT2D eigenvalue weighted by Crippen LogP contribution is 2.26. The van der Waals surface area contributed by atoms with Crippen LogP contribution < -0.4 is 10.0 Å². The molecule has 0 unspecified atom stereocenters. The van der Waals surface area contributed by atoms with Gasteiger partial charge in [-0.1, -0.05) is 5.21 Å². The molecular formula is C18H25N7O2S. The number of rotatable bonds is 5. The van der Waals surface area contributed by atoms with Crippen molar-refractivity contribution < 1.29 is 8.42 Å². The highest BCUT2D eigenvalue weighted by molar-refractivity contribution is 7.88. The van der Waals surface area contributed by atoms with Gasteiger partial charge in [0.25, 0.3) is 0 Å².